The maximum atomic E-state index is 13.2. The summed E-state index contributed by atoms with van der Waals surface area (Å²) in [6.45, 7) is -0.477. The Balaban J connectivity index is 2.08. The first-order valence-electron chi connectivity index (χ1n) is 8.59. The maximum absolute atomic E-state index is 13.2. The summed E-state index contributed by atoms with van der Waals surface area (Å²) in [5.41, 5.74) is -0.770. The number of anilines is 1. The van der Waals surface area contributed by atoms with Crippen LogP contribution in [0, 0.1) is 0 Å². The summed E-state index contributed by atoms with van der Waals surface area (Å²) in [5, 5.41) is 11.8. The highest BCUT2D eigenvalue weighted by Gasteiger charge is 2.36. The van der Waals surface area contributed by atoms with E-state index in [2.05, 4.69) is 5.32 Å². The number of hydrogen-bond acceptors (Lipinski definition) is 5. The highest BCUT2D eigenvalue weighted by Crippen LogP contribution is 2.35. The zero-order chi connectivity index (χ0) is 21.2. The summed E-state index contributed by atoms with van der Waals surface area (Å²) in [6.07, 6.45) is -1.32. The number of alkyl halides is 3. The Hall–Kier alpha value is -3.27. The van der Waals surface area contributed by atoms with Crippen LogP contribution in [0.1, 0.15) is 5.56 Å². The second kappa shape index (κ2) is 8.00. The van der Waals surface area contributed by atoms with Gasteiger partial charge in [0.25, 0.3) is 5.91 Å². The predicted molar refractivity (Wildman–Crippen MR) is 97.1 cm³/mol. The number of carbonyl (C=O) groups excluding carboxylic acids is 2. The van der Waals surface area contributed by atoms with Crippen molar-refractivity contribution in [1.29, 1.82) is 0 Å². The Bertz CT molecular complexity index is 952. The first kappa shape index (κ1) is 20.5. The van der Waals surface area contributed by atoms with Gasteiger partial charge >= 0.3 is 12.1 Å². The molecule has 154 valence electrons. The fourth-order valence-electron chi connectivity index (χ4n) is 3.02. The van der Waals surface area contributed by atoms with Crippen molar-refractivity contribution >= 4 is 17.6 Å². The van der Waals surface area contributed by atoms with Crippen LogP contribution in [0.5, 0.6) is 0 Å². The number of carbonyl (C=O) groups is 2. The number of aliphatic hydroxyl groups excluding tert-OH is 1. The molecule has 0 fully saturated rings. The lowest BCUT2D eigenvalue weighted by Gasteiger charge is -2.18. The average molecular weight is 409 g/mol. The van der Waals surface area contributed by atoms with E-state index in [0.29, 0.717) is 5.69 Å². The molecule has 1 aliphatic rings. The number of halogens is 3. The van der Waals surface area contributed by atoms with Gasteiger partial charge in [-0.2, -0.15) is 13.2 Å². The highest BCUT2D eigenvalue weighted by molar-refractivity contribution is 6.08. The van der Waals surface area contributed by atoms with Crippen molar-refractivity contribution in [2.45, 2.75) is 6.18 Å². The SMILES string of the molecule is COC(=O)C1=C(Nc2cc(C(F)(F)F)ccc2-n2cccc2)C(=O)N(CCO)C1. The maximum Gasteiger partial charge on any atom is 0.416 e. The number of esters is 1. The third-order valence-corrected chi connectivity index (χ3v) is 4.42. The number of β-amino-alcohol motifs (C(OH)–C–C–N with tert-alkyl or cyclic N) is 1. The van der Waals surface area contributed by atoms with E-state index in [4.69, 9.17) is 9.84 Å². The molecule has 0 saturated heterocycles. The number of nitrogens with one attached hydrogen (secondary N) is 1. The number of rotatable bonds is 6. The summed E-state index contributed by atoms with van der Waals surface area (Å²) in [7, 11) is 1.14. The minimum Gasteiger partial charge on any atom is -0.466 e. The van der Waals surface area contributed by atoms with E-state index < -0.39 is 23.6 Å². The number of amides is 1. The van der Waals surface area contributed by atoms with Crippen LogP contribution in [0.25, 0.3) is 5.69 Å². The molecule has 3 rings (SSSR count). The Morgan fingerprint density at radius 3 is 2.55 bits per heavy atom. The van der Waals surface area contributed by atoms with Gasteiger partial charge < -0.3 is 24.6 Å². The van der Waals surface area contributed by atoms with Gasteiger partial charge in [-0.1, -0.05) is 0 Å². The van der Waals surface area contributed by atoms with Crippen molar-refractivity contribution in [2.75, 3.05) is 32.1 Å². The fraction of sp³-hybridized carbons (Fsp3) is 0.263. The lowest BCUT2D eigenvalue weighted by Crippen LogP contribution is -2.31. The molecule has 1 aromatic carbocycles. The molecule has 1 amide bonds. The number of benzene rings is 1. The minimum atomic E-state index is -4.59. The topological polar surface area (TPSA) is 83.8 Å². The monoisotopic (exact) mass is 409 g/mol. The van der Waals surface area contributed by atoms with E-state index in [1.54, 1.807) is 29.1 Å². The number of ether oxygens (including phenoxy) is 1. The molecule has 2 N–H and O–H groups in total. The Kier molecular flexibility index (Phi) is 5.64. The lowest BCUT2D eigenvalue weighted by atomic mass is 10.1. The molecular weight excluding hydrogens is 391 g/mol. The molecular formula is C19H18F3N3O4. The van der Waals surface area contributed by atoms with Crippen LogP contribution in [0.3, 0.4) is 0 Å². The zero-order valence-corrected chi connectivity index (χ0v) is 15.4. The smallest absolute Gasteiger partial charge is 0.416 e. The van der Waals surface area contributed by atoms with E-state index in [1.807, 2.05) is 0 Å². The normalized spacial score (nSPS) is 14.5. The lowest BCUT2D eigenvalue weighted by molar-refractivity contribution is -0.138. The van der Waals surface area contributed by atoms with Crippen LogP contribution in [0.15, 0.2) is 54.0 Å². The molecule has 0 unspecified atom stereocenters. The molecule has 7 nitrogen and oxygen atoms in total. The molecule has 1 aromatic heterocycles. The van der Waals surface area contributed by atoms with E-state index >= 15 is 0 Å². The van der Waals surface area contributed by atoms with Crippen LogP contribution in [0.2, 0.25) is 0 Å². The van der Waals surface area contributed by atoms with E-state index in [-0.39, 0.29) is 36.7 Å². The molecule has 0 atom stereocenters. The quantitative estimate of drug-likeness (QED) is 0.715. The van der Waals surface area contributed by atoms with Gasteiger partial charge in [0.2, 0.25) is 0 Å². The number of aromatic nitrogens is 1. The van der Waals surface area contributed by atoms with Crippen molar-refractivity contribution in [3.05, 3.63) is 59.6 Å². The summed E-state index contributed by atoms with van der Waals surface area (Å²) in [6, 6.07) is 6.48. The predicted octanol–water partition coefficient (Wildman–Crippen LogP) is 2.17. The first-order valence-corrected chi connectivity index (χ1v) is 8.59. The van der Waals surface area contributed by atoms with Gasteiger partial charge in [-0.3, -0.25) is 4.79 Å². The van der Waals surface area contributed by atoms with Gasteiger partial charge in [-0.25, -0.2) is 4.79 Å². The number of nitrogens with zero attached hydrogens (tertiary/aromatic N) is 2. The van der Waals surface area contributed by atoms with Crippen LogP contribution in [-0.2, 0) is 20.5 Å². The number of methoxy groups -OCH3 is 1. The highest BCUT2D eigenvalue weighted by atomic mass is 19.4. The average Bonchev–Trinajstić information content (AvgIpc) is 3.31. The summed E-state index contributed by atoms with van der Waals surface area (Å²) in [4.78, 5) is 26.0. The molecule has 2 aromatic rings. The Morgan fingerprint density at radius 2 is 1.97 bits per heavy atom. The zero-order valence-electron chi connectivity index (χ0n) is 15.4. The fourth-order valence-corrected chi connectivity index (χ4v) is 3.02. The third-order valence-electron chi connectivity index (χ3n) is 4.42. The van der Waals surface area contributed by atoms with E-state index in [0.717, 1.165) is 19.2 Å². The van der Waals surface area contributed by atoms with Crippen LogP contribution >= 0.6 is 0 Å². The van der Waals surface area contributed by atoms with Crippen molar-refractivity contribution in [1.82, 2.24) is 9.47 Å². The minimum absolute atomic E-state index is 0.00775. The molecule has 0 aliphatic carbocycles. The van der Waals surface area contributed by atoms with Gasteiger partial charge in [0, 0.05) is 18.9 Å². The van der Waals surface area contributed by atoms with Crippen LogP contribution in [0.4, 0.5) is 18.9 Å². The van der Waals surface area contributed by atoms with Gasteiger partial charge in [0.05, 0.1) is 42.8 Å². The van der Waals surface area contributed by atoms with Gasteiger partial charge in [0.1, 0.15) is 5.70 Å². The number of aliphatic hydroxyl groups is 1. The molecule has 0 spiro atoms. The molecule has 0 radical (unpaired) electrons. The summed E-state index contributed by atoms with van der Waals surface area (Å²) < 4.78 is 46.0. The Labute approximate surface area is 164 Å². The first-order chi connectivity index (χ1) is 13.8. The standard InChI is InChI=1S/C19H18F3N3O4/c1-29-18(28)13-11-25(8-9-26)17(27)16(13)23-14-10-12(19(20,21)22)4-5-15(14)24-6-2-3-7-24/h2-7,10,23,26H,8-9,11H2,1H3. The van der Waals surface area contributed by atoms with Gasteiger partial charge in [0.15, 0.2) is 0 Å². The third kappa shape index (κ3) is 4.11. The second-order valence-electron chi connectivity index (χ2n) is 6.24. The van der Waals surface area contributed by atoms with Gasteiger partial charge in [-0.05, 0) is 30.3 Å². The van der Waals surface area contributed by atoms with Crippen molar-refractivity contribution in [2.24, 2.45) is 0 Å². The largest absolute Gasteiger partial charge is 0.466 e. The summed E-state index contributed by atoms with van der Waals surface area (Å²) in [5.74, 6) is -1.40. The number of hydrogen-bond donors (Lipinski definition) is 2. The van der Waals surface area contributed by atoms with Crippen molar-refractivity contribution < 1.29 is 32.6 Å². The molecule has 2 heterocycles. The molecule has 29 heavy (non-hydrogen) atoms. The molecule has 0 bridgehead atoms. The van der Waals surface area contributed by atoms with Crippen molar-refractivity contribution in [3.63, 3.8) is 0 Å². The van der Waals surface area contributed by atoms with E-state index in [1.165, 1.54) is 11.0 Å². The van der Waals surface area contributed by atoms with Crippen molar-refractivity contribution in [3.8, 4) is 5.69 Å². The van der Waals surface area contributed by atoms with Gasteiger partial charge in [-0.15, -0.1) is 0 Å². The van der Waals surface area contributed by atoms with Crippen LogP contribution in [-0.4, -0.2) is 53.3 Å². The molecule has 1 aliphatic heterocycles. The van der Waals surface area contributed by atoms with Crippen LogP contribution < -0.4 is 5.32 Å². The van der Waals surface area contributed by atoms with E-state index in [9.17, 15) is 22.8 Å². The second-order valence-corrected chi connectivity index (χ2v) is 6.24. The summed E-state index contributed by atoms with van der Waals surface area (Å²) >= 11 is 0. The molecule has 10 heteroatoms. The molecule has 0 saturated carbocycles. The Morgan fingerprint density at radius 1 is 1.28 bits per heavy atom.